The molecule has 19 heavy (non-hydrogen) atoms. The number of urea groups is 1. The van der Waals surface area contributed by atoms with Crippen LogP contribution < -0.4 is 10.6 Å². The summed E-state index contributed by atoms with van der Waals surface area (Å²) in [4.78, 5) is 11.7. The maximum Gasteiger partial charge on any atom is 0.319 e. The van der Waals surface area contributed by atoms with E-state index in [9.17, 15) is 9.90 Å². The summed E-state index contributed by atoms with van der Waals surface area (Å²) < 4.78 is 0. The van der Waals surface area contributed by atoms with Gasteiger partial charge in [-0.2, -0.15) is 5.26 Å². The van der Waals surface area contributed by atoms with E-state index in [0.29, 0.717) is 23.6 Å². The monoisotopic (exact) mass is 261 g/mol. The molecule has 5 nitrogen and oxygen atoms in total. The molecule has 0 aliphatic rings. The fraction of sp³-hybridized carbons (Fsp3) is 0.429. The first-order valence-electron chi connectivity index (χ1n) is 6.23. The molecule has 0 unspecified atom stereocenters. The quantitative estimate of drug-likeness (QED) is 0.758. The predicted molar refractivity (Wildman–Crippen MR) is 73.6 cm³/mol. The lowest BCUT2D eigenvalue weighted by molar-refractivity contribution is 0.214. The Balaban J connectivity index is 2.56. The van der Waals surface area contributed by atoms with Gasteiger partial charge in [-0.15, -0.1) is 0 Å². The van der Waals surface area contributed by atoms with Gasteiger partial charge in [0.25, 0.3) is 0 Å². The van der Waals surface area contributed by atoms with Crippen molar-refractivity contribution in [2.24, 2.45) is 5.92 Å². The summed E-state index contributed by atoms with van der Waals surface area (Å²) in [6.07, 6.45) is 0.710. The third-order valence-electron chi connectivity index (χ3n) is 2.56. The van der Waals surface area contributed by atoms with Crippen molar-refractivity contribution >= 4 is 11.7 Å². The minimum absolute atomic E-state index is 0.0934. The van der Waals surface area contributed by atoms with E-state index in [1.165, 1.54) is 0 Å². The SMILES string of the molecule is CC(C)C[C@H](CO)NC(=O)Nc1cccc(C#N)c1. The number of benzene rings is 1. The lowest BCUT2D eigenvalue weighted by Crippen LogP contribution is -2.40. The molecule has 0 fully saturated rings. The van der Waals surface area contributed by atoms with Crippen LogP contribution in [0.2, 0.25) is 0 Å². The Hall–Kier alpha value is -2.06. The Labute approximate surface area is 113 Å². The molecule has 102 valence electrons. The number of amides is 2. The van der Waals surface area contributed by atoms with Gasteiger partial charge in [0, 0.05) is 5.69 Å². The molecular formula is C14H19N3O2. The van der Waals surface area contributed by atoms with Gasteiger partial charge in [-0.25, -0.2) is 4.79 Å². The average Bonchev–Trinajstić information content (AvgIpc) is 2.37. The van der Waals surface area contributed by atoms with Crippen molar-refractivity contribution in [3.05, 3.63) is 29.8 Å². The van der Waals surface area contributed by atoms with Crippen LogP contribution >= 0.6 is 0 Å². The predicted octanol–water partition coefficient (Wildman–Crippen LogP) is 2.09. The van der Waals surface area contributed by atoms with Crippen molar-refractivity contribution in [1.29, 1.82) is 5.26 Å². The number of nitriles is 1. The second-order valence-electron chi connectivity index (χ2n) is 4.80. The van der Waals surface area contributed by atoms with Crippen molar-refractivity contribution in [3.8, 4) is 6.07 Å². The molecule has 0 saturated heterocycles. The second-order valence-corrected chi connectivity index (χ2v) is 4.80. The highest BCUT2D eigenvalue weighted by Crippen LogP contribution is 2.10. The number of carbonyl (C=O) groups excluding carboxylic acids is 1. The number of anilines is 1. The number of carbonyl (C=O) groups is 1. The number of hydrogen-bond donors (Lipinski definition) is 3. The lowest BCUT2D eigenvalue weighted by Gasteiger charge is -2.18. The van der Waals surface area contributed by atoms with Gasteiger partial charge in [0.2, 0.25) is 0 Å². The van der Waals surface area contributed by atoms with Crippen LogP contribution in [0.4, 0.5) is 10.5 Å². The summed E-state index contributed by atoms with van der Waals surface area (Å²) in [5.41, 5.74) is 1.04. The average molecular weight is 261 g/mol. The molecule has 0 heterocycles. The lowest BCUT2D eigenvalue weighted by atomic mass is 10.0. The largest absolute Gasteiger partial charge is 0.394 e. The van der Waals surface area contributed by atoms with E-state index in [-0.39, 0.29) is 18.7 Å². The van der Waals surface area contributed by atoms with E-state index in [1.807, 2.05) is 19.9 Å². The smallest absolute Gasteiger partial charge is 0.319 e. The van der Waals surface area contributed by atoms with E-state index < -0.39 is 0 Å². The second kappa shape index (κ2) is 7.39. The summed E-state index contributed by atoms with van der Waals surface area (Å²) in [7, 11) is 0. The van der Waals surface area contributed by atoms with Crippen molar-refractivity contribution in [3.63, 3.8) is 0 Å². The Morgan fingerprint density at radius 1 is 1.47 bits per heavy atom. The van der Waals surface area contributed by atoms with Crippen molar-refractivity contribution in [1.82, 2.24) is 5.32 Å². The number of nitrogens with one attached hydrogen (secondary N) is 2. The van der Waals surface area contributed by atoms with Gasteiger partial charge in [-0.3, -0.25) is 0 Å². The number of rotatable bonds is 5. The fourth-order valence-corrected chi connectivity index (χ4v) is 1.77. The van der Waals surface area contributed by atoms with Gasteiger partial charge in [-0.05, 0) is 30.5 Å². The first-order valence-corrected chi connectivity index (χ1v) is 6.23. The zero-order valence-electron chi connectivity index (χ0n) is 11.2. The summed E-state index contributed by atoms with van der Waals surface area (Å²) >= 11 is 0. The summed E-state index contributed by atoms with van der Waals surface area (Å²) in [5, 5.41) is 23.3. The Morgan fingerprint density at radius 3 is 2.79 bits per heavy atom. The van der Waals surface area contributed by atoms with Gasteiger partial charge in [0.05, 0.1) is 24.3 Å². The molecule has 1 rings (SSSR count). The van der Waals surface area contributed by atoms with Gasteiger partial charge >= 0.3 is 6.03 Å². The molecule has 1 aromatic carbocycles. The molecular weight excluding hydrogens is 242 g/mol. The molecule has 2 amide bonds. The molecule has 0 radical (unpaired) electrons. The molecule has 0 spiro atoms. The molecule has 1 aromatic rings. The molecule has 5 heteroatoms. The molecule has 3 N–H and O–H groups in total. The summed E-state index contributed by atoms with van der Waals surface area (Å²) in [5.74, 6) is 0.388. The normalized spacial score (nSPS) is 11.7. The first kappa shape index (κ1) is 15.0. The van der Waals surface area contributed by atoms with Crippen molar-refractivity contribution in [2.75, 3.05) is 11.9 Å². The minimum atomic E-state index is -0.380. The van der Waals surface area contributed by atoms with Crippen LogP contribution in [0.5, 0.6) is 0 Å². The zero-order valence-corrected chi connectivity index (χ0v) is 11.2. The van der Waals surface area contributed by atoms with E-state index >= 15 is 0 Å². The van der Waals surface area contributed by atoms with E-state index in [4.69, 9.17) is 5.26 Å². The van der Waals surface area contributed by atoms with Crippen LogP contribution in [-0.2, 0) is 0 Å². The van der Waals surface area contributed by atoms with Crippen LogP contribution in [-0.4, -0.2) is 23.8 Å². The Kier molecular flexibility index (Phi) is 5.83. The molecule has 1 atom stereocenters. The van der Waals surface area contributed by atoms with Crippen LogP contribution in [0.25, 0.3) is 0 Å². The fourth-order valence-electron chi connectivity index (χ4n) is 1.77. The van der Waals surface area contributed by atoms with Crippen LogP contribution in [0.3, 0.4) is 0 Å². The maximum atomic E-state index is 11.7. The molecule has 0 saturated carbocycles. The zero-order chi connectivity index (χ0) is 14.3. The van der Waals surface area contributed by atoms with E-state index in [1.54, 1.807) is 24.3 Å². The number of aliphatic hydroxyl groups excluding tert-OH is 1. The molecule has 0 aliphatic carbocycles. The minimum Gasteiger partial charge on any atom is -0.394 e. The van der Waals surface area contributed by atoms with Crippen LogP contribution in [0.15, 0.2) is 24.3 Å². The van der Waals surface area contributed by atoms with Gasteiger partial charge in [-0.1, -0.05) is 19.9 Å². The third kappa shape index (κ3) is 5.40. The summed E-state index contributed by atoms with van der Waals surface area (Å²) in [6.45, 7) is 3.96. The van der Waals surface area contributed by atoms with Crippen molar-refractivity contribution < 1.29 is 9.90 Å². The van der Waals surface area contributed by atoms with E-state index in [0.717, 1.165) is 0 Å². The number of aliphatic hydroxyl groups is 1. The molecule has 0 aliphatic heterocycles. The highest BCUT2D eigenvalue weighted by atomic mass is 16.3. The number of nitrogens with zero attached hydrogens (tertiary/aromatic N) is 1. The highest BCUT2D eigenvalue weighted by molar-refractivity contribution is 5.89. The Morgan fingerprint density at radius 2 is 2.21 bits per heavy atom. The highest BCUT2D eigenvalue weighted by Gasteiger charge is 2.12. The molecule has 0 bridgehead atoms. The first-order chi connectivity index (χ1) is 9.05. The maximum absolute atomic E-state index is 11.7. The third-order valence-corrected chi connectivity index (χ3v) is 2.56. The number of hydrogen-bond acceptors (Lipinski definition) is 3. The van der Waals surface area contributed by atoms with Gasteiger partial charge < -0.3 is 15.7 Å². The topological polar surface area (TPSA) is 85.2 Å². The van der Waals surface area contributed by atoms with Crippen LogP contribution in [0, 0.1) is 17.2 Å². The van der Waals surface area contributed by atoms with Gasteiger partial charge in [0.1, 0.15) is 0 Å². The standard InChI is InChI=1S/C14H19N3O2/c1-10(2)6-13(9-18)17-14(19)16-12-5-3-4-11(7-12)8-15/h3-5,7,10,13,18H,6,9H2,1-2H3,(H2,16,17,19)/t13-/m1/s1. The molecule has 0 aromatic heterocycles. The Bertz CT molecular complexity index is 466. The summed E-state index contributed by atoms with van der Waals surface area (Å²) in [6, 6.07) is 8.03. The van der Waals surface area contributed by atoms with Gasteiger partial charge in [0.15, 0.2) is 0 Å². The van der Waals surface area contributed by atoms with Crippen LogP contribution in [0.1, 0.15) is 25.8 Å². The van der Waals surface area contributed by atoms with E-state index in [2.05, 4.69) is 10.6 Å². The van der Waals surface area contributed by atoms with Crippen molar-refractivity contribution in [2.45, 2.75) is 26.3 Å².